The van der Waals surface area contributed by atoms with Crippen molar-refractivity contribution in [3.05, 3.63) is 82.9 Å². The number of anilines is 1. The van der Waals surface area contributed by atoms with E-state index in [0.717, 1.165) is 16.8 Å². The van der Waals surface area contributed by atoms with E-state index < -0.39 is 0 Å². The number of carbonyl (C=O) groups excluding carboxylic acids is 1. The number of hydrogen-bond acceptors (Lipinski definition) is 5. The summed E-state index contributed by atoms with van der Waals surface area (Å²) in [5, 5.41) is 15.4. The van der Waals surface area contributed by atoms with Crippen molar-refractivity contribution in [2.45, 2.75) is 6.92 Å². The average molecular weight is 478 g/mol. The number of methoxy groups -OCH3 is 1. The van der Waals surface area contributed by atoms with E-state index in [-0.39, 0.29) is 11.0 Å². The van der Waals surface area contributed by atoms with E-state index in [0.29, 0.717) is 27.5 Å². The van der Waals surface area contributed by atoms with E-state index in [4.69, 9.17) is 28.6 Å². The Labute approximate surface area is 201 Å². The van der Waals surface area contributed by atoms with Crippen molar-refractivity contribution in [2.75, 3.05) is 12.4 Å². The minimum atomic E-state index is -0.322. The maximum Gasteiger partial charge on any atom is 0.250 e. The number of fused-ring (bicyclic) bond motifs is 1. The molecule has 0 aliphatic rings. The quantitative estimate of drug-likeness (QED) is 0.314. The van der Waals surface area contributed by atoms with Crippen LogP contribution in [-0.2, 0) is 4.79 Å². The van der Waals surface area contributed by atoms with E-state index in [1.165, 1.54) is 10.9 Å². The first-order valence-corrected chi connectivity index (χ1v) is 10.8. The Kier molecular flexibility index (Phi) is 6.67. The van der Waals surface area contributed by atoms with Crippen LogP contribution in [0.1, 0.15) is 11.1 Å². The van der Waals surface area contributed by atoms with E-state index in [9.17, 15) is 4.79 Å². The lowest BCUT2D eigenvalue weighted by atomic mass is 10.2. The van der Waals surface area contributed by atoms with Gasteiger partial charge in [0.1, 0.15) is 16.8 Å². The van der Waals surface area contributed by atoms with E-state index in [1.807, 2.05) is 55.5 Å². The summed E-state index contributed by atoms with van der Waals surface area (Å²) in [6.07, 6.45) is 3.16. The predicted molar refractivity (Wildman–Crippen MR) is 135 cm³/mol. The Hall–Kier alpha value is -3.75. The van der Waals surface area contributed by atoms with Crippen molar-refractivity contribution in [3.63, 3.8) is 0 Å². The molecule has 2 N–H and O–H groups in total. The van der Waals surface area contributed by atoms with Gasteiger partial charge in [0.2, 0.25) is 5.91 Å². The van der Waals surface area contributed by atoms with Gasteiger partial charge in [-0.3, -0.25) is 10.1 Å². The van der Waals surface area contributed by atoms with Crippen LogP contribution in [-0.4, -0.2) is 33.1 Å². The molecule has 0 spiro atoms. The van der Waals surface area contributed by atoms with E-state index in [2.05, 4.69) is 20.8 Å². The molecule has 33 heavy (non-hydrogen) atoms. The fourth-order valence-corrected chi connectivity index (χ4v) is 3.60. The van der Waals surface area contributed by atoms with Gasteiger partial charge in [0.05, 0.1) is 17.8 Å². The Balaban J connectivity index is 1.48. The lowest BCUT2D eigenvalue weighted by molar-refractivity contribution is -0.115. The molecule has 4 rings (SSSR count). The number of aromatic nitrogens is 3. The molecule has 1 aromatic heterocycles. The Morgan fingerprint density at radius 1 is 1.09 bits per heavy atom. The van der Waals surface area contributed by atoms with Crippen LogP contribution >= 0.6 is 23.8 Å². The van der Waals surface area contributed by atoms with Crippen molar-refractivity contribution in [2.24, 2.45) is 0 Å². The van der Waals surface area contributed by atoms with Crippen molar-refractivity contribution in [1.29, 1.82) is 0 Å². The molecule has 0 saturated carbocycles. The van der Waals surface area contributed by atoms with E-state index in [1.54, 1.807) is 25.3 Å². The highest BCUT2D eigenvalue weighted by Gasteiger charge is 2.11. The van der Waals surface area contributed by atoms with Crippen molar-refractivity contribution >= 4 is 57.6 Å². The number of carbonyl (C=O) groups is 1. The van der Waals surface area contributed by atoms with Gasteiger partial charge in [-0.15, -0.1) is 10.2 Å². The second kappa shape index (κ2) is 9.81. The number of thiocarbonyl (C=S) groups is 1. The summed E-state index contributed by atoms with van der Waals surface area (Å²) < 4.78 is 5.19. The molecule has 166 valence electrons. The molecule has 0 radical (unpaired) electrons. The minimum Gasteiger partial charge on any atom is -0.495 e. The van der Waals surface area contributed by atoms with Gasteiger partial charge >= 0.3 is 0 Å². The Bertz CT molecular complexity index is 1370. The van der Waals surface area contributed by atoms with Gasteiger partial charge in [0.25, 0.3) is 0 Å². The highest BCUT2D eigenvalue weighted by molar-refractivity contribution is 7.80. The van der Waals surface area contributed by atoms with Gasteiger partial charge in [-0.25, -0.2) is 0 Å². The first kappa shape index (κ1) is 22.4. The molecule has 0 unspecified atom stereocenters. The van der Waals surface area contributed by atoms with Gasteiger partial charge in [-0.05, 0) is 66.7 Å². The number of aryl methyl sites for hydroxylation is 1. The second-order valence-corrected chi connectivity index (χ2v) is 7.97. The molecular weight excluding hydrogens is 458 g/mol. The molecule has 0 bridgehead atoms. The molecule has 0 saturated heterocycles. The van der Waals surface area contributed by atoms with Crippen LogP contribution in [0.2, 0.25) is 5.02 Å². The minimum absolute atomic E-state index is 0.189. The number of nitrogens with one attached hydrogen (secondary N) is 2. The standard InChI is InChI=1S/C24H20ClN5O2S/c1-15-12-20-21(29-30(28-20)17-9-10-22(32-2)18(25)13-17)14-19(15)26-24(33)27-23(31)11-8-16-6-4-3-5-7-16/h3-14H,1-2H3,(H2,26,27,31,33). The van der Waals surface area contributed by atoms with Crippen LogP contribution in [0.25, 0.3) is 22.8 Å². The number of hydrogen-bond donors (Lipinski definition) is 2. The normalized spacial score (nSPS) is 11.0. The SMILES string of the molecule is COc1ccc(-n2nc3cc(C)c(NC(=S)NC(=O)C=Cc4ccccc4)cc3n2)cc1Cl. The van der Waals surface area contributed by atoms with Gasteiger partial charge in [0.15, 0.2) is 5.11 Å². The van der Waals surface area contributed by atoms with Gasteiger partial charge < -0.3 is 10.1 Å². The van der Waals surface area contributed by atoms with Crippen LogP contribution < -0.4 is 15.4 Å². The number of halogens is 1. The van der Waals surface area contributed by atoms with E-state index >= 15 is 0 Å². The predicted octanol–water partition coefficient (Wildman–Crippen LogP) is 4.92. The van der Waals surface area contributed by atoms with Crippen LogP contribution in [0, 0.1) is 6.92 Å². The van der Waals surface area contributed by atoms with Gasteiger partial charge in [0, 0.05) is 11.8 Å². The summed E-state index contributed by atoms with van der Waals surface area (Å²) >= 11 is 11.5. The molecule has 0 aliphatic carbocycles. The molecule has 4 aromatic rings. The zero-order valence-electron chi connectivity index (χ0n) is 17.9. The third-order valence-corrected chi connectivity index (χ3v) is 5.30. The third-order valence-electron chi connectivity index (χ3n) is 4.80. The van der Waals surface area contributed by atoms with Crippen LogP contribution in [0.15, 0.2) is 66.7 Å². The zero-order valence-corrected chi connectivity index (χ0v) is 19.4. The summed E-state index contributed by atoms with van der Waals surface area (Å²) in [6, 6.07) is 18.6. The summed E-state index contributed by atoms with van der Waals surface area (Å²) in [7, 11) is 1.56. The topological polar surface area (TPSA) is 81.1 Å². The highest BCUT2D eigenvalue weighted by Crippen LogP contribution is 2.27. The Morgan fingerprint density at radius 3 is 2.52 bits per heavy atom. The second-order valence-electron chi connectivity index (χ2n) is 7.15. The van der Waals surface area contributed by atoms with Crippen molar-refractivity contribution in [1.82, 2.24) is 20.3 Å². The molecule has 3 aromatic carbocycles. The summed E-state index contributed by atoms with van der Waals surface area (Å²) in [5.74, 6) is 0.256. The van der Waals surface area contributed by atoms with Gasteiger partial charge in [-0.2, -0.15) is 4.80 Å². The van der Waals surface area contributed by atoms with Crippen molar-refractivity contribution < 1.29 is 9.53 Å². The maximum atomic E-state index is 12.2. The maximum absolute atomic E-state index is 12.2. The summed E-state index contributed by atoms with van der Waals surface area (Å²) in [6.45, 7) is 1.92. The molecule has 1 heterocycles. The molecule has 7 nitrogen and oxygen atoms in total. The molecule has 0 atom stereocenters. The number of amides is 1. The molecule has 1 amide bonds. The number of benzene rings is 3. The fourth-order valence-electron chi connectivity index (χ4n) is 3.14. The average Bonchev–Trinajstić information content (AvgIpc) is 3.21. The lowest BCUT2D eigenvalue weighted by Gasteiger charge is -2.10. The van der Waals surface area contributed by atoms with Crippen LogP contribution in [0.3, 0.4) is 0 Å². The van der Waals surface area contributed by atoms with Crippen LogP contribution in [0.4, 0.5) is 5.69 Å². The number of rotatable bonds is 5. The van der Waals surface area contributed by atoms with Crippen LogP contribution in [0.5, 0.6) is 5.75 Å². The smallest absolute Gasteiger partial charge is 0.250 e. The number of nitrogens with zero attached hydrogens (tertiary/aromatic N) is 3. The Morgan fingerprint density at radius 2 is 1.82 bits per heavy atom. The summed E-state index contributed by atoms with van der Waals surface area (Å²) in [4.78, 5) is 13.7. The summed E-state index contributed by atoms with van der Waals surface area (Å²) in [5.41, 5.74) is 4.63. The molecular formula is C24H20ClN5O2S. The zero-order chi connectivity index (χ0) is 23.4. The molecule has 9 heteroatoms. The first-order chi connectivity index (χ1) is 15.9. The highest BCUT2D eigenvalue weighted by atomic mass is 35.5. The van der Waals surface area contributed by atoms with Crippen molar-refractivity contribution in [3.8, 4) is 11.4 Å². The number of ether oxygens (including phenoxy) is 1. The van der Waals surface area contributed by atoms with Gasteiger partial charge in [-0.1, -0.05) is 41.9 Å². The third kappa shape index (κ3) is 5.36. The fraction of sp³-hybridized carbons (Fsp3) is 0.0833. The molecule has 0 aliphatic heterocycles. The largest absolute Gasteiger partial charge is 0.495 e. The molecule has 0 fully saturated rings. The first-order valence-electron chi connectivity index (χ1n) is 9.99. The monoisotopic (exact) mass is 477 g/mol. The lowest BCUT2D eigenvalue weighted by Crippen LogP contribution is -2.33.